The predicted molar refractivity (Wildman–Crippen MR) is 115 cm³/mol. The largest absolute Gasteiger partial charge is 0.373 e. The molecule has 2 rings (SSSR count). The number of hydrogen-bond acceptors (Lipinski definition) is 4. The number of anilines is 1. The summed E-state index contributed by atoms with van der Waals surface area (Å²) in [4.78, 5) is 19.2. The van der Waals surface area contributed by atoms with Crippen LogP contribution in [0.4, 0.5) is 5.69 Å². The predicted octanol–water partition coefficient (Wildman–Crippen LogP) is 3.64. The molecule has 0 spiro atoms. The molecule has 0 aromatic heterocycles. The minimum absolute atomic E-state index is 0.0406. The lowest BCUT2D eigenvalue weighted by molar-refractivity contribution is 0.104. The normalized spacial score (nSPS) is 11.5. The lowest BCUT2D eigenvalue weighted by Gasteiger charge is -2.21. The number of benzene rings is 2. The molecule has 4 heteroatoms. The van der Waals surface area contributed by atoms with Gasteiger partial charge in [-0.1, -0.05) is 42.5 Å². The second-order valence-corrected chi connectivity index (χ2v) is 7.41. The van der Waals surface area contributed by atoms with Gasteiger partial charge < -0.3 is 14.7 Å². The fourth-order valence-corrected chi connectivity index (χ4v) is 2.85. The van der Waals surface area contributed by atoms with Crippen molar-refractivity contribution in [2.75, 3.05) is 53.2 Å². The second kappa shape index (κ2) is 10.0. The first-order valence-corrected chi connectivity index (χ1v) is 9.28. The number of rotatable bonds is 9. The summed E-state index contributed by atoms with van der Waals surface area (Å²) < 4.78 is 0. The van der Waals surface area contributed by atoms with Crippen molar-refractivity contribution in [1.82, 2.24) is 9.80 Å². The smallest absolute Gasteiger partial charge is 0.186 e. The summed E-state index contributed by atoms with van der Waals surface area (Å²) in [6, 6.07) is 16.1. The average molecular weight is 366 g/mol. The Bertz CT molecular complexity index is 781. The first-order chi connectivity index (χ1) is 12.9. The molecule has 144 valence electrons. The molecule has 0 radical (unpaired) electrons. The lowest BCUT2D eigenvalue weighted by Crippen LogP contribution is -2.28. The van der Waals surface area contributed by atoms with E-state index >= 15 is 0 Å². The standard InChI is InChI=1S/C23H31N3O/c1-24(2)15-16-26(5)21-11-8-9-19(17-21)13-14-23(27)22-12-7-6-10-20(22)18-25(3)4/h6-14,17H,15-16,18H2,1-5H3/b14-13+. The van der Waals surface area contributed by atoms with Crippen LogP contribution < -0.4 is 4.90 Å². The van der Waals surface area contributed by atoms with Crippen LogP contribution in [-0.4, -0.2) is 63.9 Å². The van der Waals surface area contributed by atoms with Crippen LogP contribution in [0.5, 0.6) is 0 Å². The van der Waals surface area contributed by atoms with Crippen molar-refractivity contribution in [3.8, 4) is 0 Å². The van der Waals surface area contributed by atoms with Gasteiger partial charge in [-0.25, -0.2) is 0 Å². The SMILES string of the molecule is CN(C)CCN(C)c1cccc(/C=C/C(=O)c2ccccc2CN(C)C)c1. The van der Waals surface area contributed by atoms with Gasteiger partial charge in [0, 0.05) is 37.9 Å². The van der Waals surface area contributed by atoms with Gasteiger partial charge in [0.15, 0.2) is 5.78 Å². The van der Waals surface area contributed by atoms with Gasteiger partial charge in [0.05, 0.1) is 0 Å². The van der Waals surface area contributed by atoms with Gasteiger partial charge >= 0.3 is 0 Å². The Morgan fingerprint density at radius 1 is 0.889 bits per heavy atom. The summed E-state index contributed by atoms with van der Waals surface area (Å²) in [5, 5.41) is 0. The Kier molecular flexibility index (Phi) is 7.77. The summed E-state index contributed by atoms with van der Waals surface area (Å²) in [5.41, 5.74) is 4.00. The van der Waals surface area contributed by atoms with Crippen molar-refractivity contribution in [3.63, 3.8) is 0 Å². The highest BCUT2D eigenvalue weighted by atomic mass is 16.1. The Labute approximate surface area is 163 Å². The molecule has 0 unspecified atom stereocenters. The Balaban J connectivity index is 2.12. The van der Waals surface area contributed by atoms with E-state index in [4.69, 9.17) is 0 Å². The highest BCUT2D eigenvalue weighted by molar-refractivity contribution is 6.07. The third-order valence-corrected chi connectivity index (χ3v) is 4.39. The van der Waals surface area contributed by atoms with E-state index in [-0.39, 0.29) is 5.78 Å². The fraction of sp³-hybridized carbons (Fsp3) is 0.348. The van der Waals surface area contributed by atoms with Crippen LogP contribution >= 0.6 is 0 Å². The molecule has 0 aliphatic rings. The van der Waals surface area contributed by atoms with Crippen LogP contribution in [0.2, 0.25) is 0 Å². The van der Waals surface area contributed by atoms with E-state index in [1.165, 1.54) is 0 Å². The van der Waals surface area contributed by atoms with Crippen molar-refractivity contribution in [3.05, 3.63) is 71.3 Å². The molecule has 4 nitrogen and oxygen atoms in total. The van der Waals surface area contributed by atoms with E-state index < -0.39 is 0 Å². The third-order valence-electron chi connectivity index (χ3n) is 4.39. The maximum absolute atomic E-state index is 12.7. The zero-order valence-corrected chi connectivity index (χ0v) is 17.1. The van der Waals surface area contributed by atoms with Gasteiger partial charge in [0.2, 0.25) is 0 Å². The summed E-state index contributed by atoms with van der Waals surface area (Å²) in [6.07, 6.45) is 3.57. The van der Waals surface area contributed by atoms with Crippen LogP contribution in [0.25, 0.3) is 6.08 Å². The van der Waals surface area contributed by atoms with Crippen LogP contribution in [-0.2, 0) is 6.54 Å². The van der Waals surface area contributed by atoms with Gasteiger partial charge in [-0.2, -0.15) is 0 Å². The number of carbonyl (C=O) groups excluding carboxylic acids is 1. The third kappa shape index (κ3) is 6.66. The second-order valence-electron chi connectivity index (χ2n) is 7.41. The minimum atomic E-state index is 0.0406. The Morgan fingerprint density at radius 2 is 1.63 bits per heavy atom. The molecular formula is C23H31N3O. The van der Waals surface area contributed by atoms with Crippen molar-refractivity contribution >= 4 is 17.5 Å². The van der Waals surface area contributed by atoms with E-state index in [1.807, 2.05) is 56.6 Å². The van der Waals surface area contributed by atoms with E-state index in [9.17, 15) is 4.79 Å². The molecule has 0 atom stereocenters. The van der Waals surface area contributed by atoms with Crippen LogP contribution in [0.1, 0.15) is 21.5 Å². The molecule has 27 heavy (non-hydrogen) atoms. The molecule has 0 bridgehead atoms. The maximum atomic E-state index is 12.7. The van der Waals surface area contributed by atoms with Gasteiger partial charge in [0.25, 0.3) is 0 Å². The van der Waals surface area contributed by atoms with E-state index in [2.05, 4.69) is 48.0 Å². The molecule has 0 saturated carbocycles. The van der Waals surface area contributed by atoms with Crippen molar-refractivity contribution < 1.29 is 4.79 Å². The zero-order chi connectivity index (χ0) is 19.8. The quantitative estimate of drug-likeness (QED) is 0.501. The van der Waals surface area contributed by atoms with Crippen molar-refractivity contribution in [2.24, 2.45) is 0 Å². The summed E-state index contributed by atoms with van der Waals surface area (Å²) in [7, 11) is 10.3. The minimum Gasteiger partial charge on any atom is -0.373 e. The molecule has 0 saturated heterocycles. The number of likely N-dealkylation sites (N-methyl/N-ethyl adjacent to an activating group) is 2. The molecular weight excluding hydrogens is 334 g/mol. The molecule has 0 fully saturated rings. The molecule has 0 aliphatic heterocycles. The number of hydrogen-bond donors (Lipinski definition) is 0. The topological polar surface area (TPSA) is 26.8 Å². The molecule has 0 heterocycles. The average Bonchev–Trinajstić information content (AvgIpc) is 2.64. The van der Waals surface area contributed by atoms with Gasteiger partial charge in [-0.05, 0) is 57.5 Å². The Morgan fingerprint density at radius 3 is 2.33 bits per heavy atom. The summed E-state index contributed by atoms with van der Waals surface area (Å²) in [5.74, 6) is 0.0406. The number of nitrogens with zero attached hydrogens (tertiary/aromatic N) is 3. The van der Waals surface area contributed by atoms with Crippen molar-refractivity contribution in [2.45, 2.75) is 6.54 Å². The first kappa shape index (κ1) is 20.9. The van der Waals surface area contributed by atoms with E-state index in [0.29, 0.717) is 0 Å². The first-order valence-electron chi connectivity index (χ1n) is 9.28. The van der Waals surface area contributed by atoms with Crippen LogP contribution in [0, 0.1) is 0 Å². The Hall–Kier alpha value is -2.43. The summed E-state index contributed by atoms with van der Waals surface area (Å²) >= 11 is 0. The highest BCUT2D eigenvalue weighted by Crippen LogP contribution is 2.17. The number of allylic oxidation sites excluding steroid dienone is 1. The van der Waals surface area contributed by atoms with Crippen LogP contribution in [0.3, 0.4) is 0 Å². The van der Waals surface area contributed by atoms with Gasteiger partial charge in [-0.3, -0.25) is 4.79 Å². The lowest BCUT2D eigenvalue weighted by atomic mass is 10.0. The number of carbonyl (C=O) groups is 1. The van der Waals surface area contributed by atoms with Crippen molar-refractivity contribution in [1.29, 1.82) is 0 Å². The van der Waals surface area contributed by atoms with E-state index in [1.54, 1.807) is 6.08 Å². The maximum Gasteiger partial charge on any atom is 0.186 e. The molecule has 0 amide bonds. The molecule has 2 aromatic carbocycles. The fourth-order valence-electron chi connectivity index (χ4n) is 2.85. The van der Waals surface area contributed by atoms with E-state index in [0.717, 1.165) is 42.0 Å². The molecule has 0 N–H and O–H groups in total. The highest BCUT2D eigenvalue weighted by Gasteiger charge is 2.09. The van der Waals surface area contributed by atoms with Crippen LogP contribution in [0.15, 0.2) is 54.6 Å². The summed E-state index contributed by atoms with van der Waals surface area (Å²) in [6.45, 7) is 2.70. The molecule has 0 aliphatic carbocycles. The zero-order valence-electron chi connectivity index (χ0n) is 17.1. The monoisotopic (exact) mass is 365 g/mol. The number of ketones is 1. The molecule has 2 aromatic rings. The van der Waals surface area contributed by atoms with Gasteiger partial charge in [-0.15, -0.1) is 0 Å². The van der Waals surface area contributed by atoms with Gasteiger partial charge in [0.1, 0.15) is 0 Å².